The first-order chi connectivity index (χ1) is 13.1. The van der Waals surface area contributed by atoms with Crippen LogP contribution in [0.25, 0.3) is 0 Å². The summed E-state index contributed by atoms with van der Waals surface area (Å²) in [6, 6.07) is 7.65. The van der Waals surface area contributed by atoms with Crippen LogP contribution in [0.3, 0.4) is 0 Å². The van der Waals surface area contributed by atoms with Gasteiger partial charge in [-0.2, -0.15) is 13.2 Å². The number of benzene rings is 1. The van der Waals surface area contributed by atoms with E-state index in [0.717, 1.165) is 17.8 Å². The third-order valence-electron chi connectivity index (χ3n) is 3.76. The number of rotatable bonds is 8. The predicted molar refractivity (Wildman–Crippen MR) is 95.8 cm³/mol. The summed E-state index contributed by atoms with van der Waals surface area (Å²) in [5.74, 6) is -2.19. The van der Waals surface area contributed by atoms with Crippen molar-refractivity contribution >= 4 is 23.6 Å². The van der Waals surface area contributed by atoms with Gasteiger partial charge in [-0.25, -0.2) is 9.37 Å². The minimum absolute atomic E-state index is 0.00740. The van der Waals surface area contributed by atoms with Crippen LogP contribution in [0.4, 0.5) is 17.6 Å². The van der Waals surface area contributed by atoms with Gasteiger partial charge in [0.25, 0.3) is 0 Å². The van der Waals surface area contributed by atoms with Gasteiger partial charge in [0.05, 0.1) is 22.3 Å². The Morgan fingerprint density at radius 3 is 2.36 bits per heavy atom. The van der Waals surface area contributed by atoms with Gasteiger partial charge in [0.1, 0.15) is 5.82 Å². The molecule has 10 heteroatoms. The Bertz CT molecular complexity index is 811. The Morgan fingerprint density at radius 1 is 1.14 bits per heavy atom. The first kappa shape index (κ1) is 21.7. The molecule has 1 aromatic carbocycles. The number of thioether (sulfide) groups is 1. The molecule has 0 saturated heterocycles. The number of aromatic nitrogens is 1. The van der Waals surface area contributed by atoms with E-state index in [1.807, 2.05) is 0 Å². The van der Waals surface area contributed by atoms with E-state index in [4.69, 9.17) is 5.73 Å². The highest BCUT2D eigenvalue weighted by atomic mass is 32.2. The molecule has 5 nitrogen and oxygen atoms in total. The topological polar surface area (TPSA) is 85.1 Å². The monoisotopic (exact) mass is 415 g/mol. The van der Waals surface area contributed by atoms with E-state index in [-0.39, 0.29) is 23.7 Å². The molecular formula is C18H17F4N3O2S. The summed E-state index contributed by atoms with van der Waals surface area (Å²) in [5.41, 5.74) is 5.17. The SMILES string of the molecule is NC(=O)C(CNC(=O)CSc1ccc(C(F)(F)F)cn1)Cc1ccc(F)cc1. The van der Waals surface area contributed by atoms with Crippen molar-refractivity contribution in [2.75, 3.05) is 12.3 Å². The van der Waals surface area contributed by atoms with E-state index in [0.29, 0.717) is 11.8 Å². The predicted octanol–water partition coefficient (Wildman–Crippen LogP) is 2.79. The van der Waals surface area contributed by atoms with Crippen molar-refractivity contribution in [1.29, 1.82) is 0 Å². The van der Waals surface area contributed by atoms with Gasteiger partial charge in [-0.15, -0.1) is 0 Å². The van der Waals surface area contributed by atoms with Crippen LogP contribution in [0.5, 0.6) is 0 Å². The van der Waals surface area contributed by atoms with Gasteiger partial charge >= 0.3 is 6.18 Å². The van der Waals surface area contributed by atoms with Crippen LogP contribution < -0.4 is 11.1 Å². The van der Waals surface area contributed by atoms with Gasteiger partial charge in [-0.05, 0) is 36.2 Å². The minimum atomic E-state index is -4.47. The third kappa shape index (κ3) is 6.84. The van der Waals surface area contributed by atoms with Gasteiger partial charge in [0, 0.05) is 12.7 Å². The lowest BCUT2D eigenvalue weighted by molar-refractivity contribution is -0.138. The van der Waals surface area contributed by atoms with Crippen molar-refractivity contribution in [3.63, 3.8) is 0 Å². The number of alkyl halides is 3. The molecule has 0 radical (unpaired) electrons. The average molecular weight is 415 g/mol. The van der Waals surface area contributed by atoms with Crippen LogP contribution in [0.2, 0.25) is 0 Å². The Balaban J connectivity index is 1.82. The van der Waals surface area contributed by atoms with Crippen molar-refractivity contribution in [3.8, 4) is 0 Å². The number of nitrogens with zero attached hydrogens (tertiary/aromatic N) is 1. The Labute approximate surface area is 162 Å². The number of hydrogen-bond acceptors (Lipinski definition) is 4. The van der Waals surface area contributed by atoms with Gasteiger partial charge in [0.15, 0.2) is 0 Å². The molecule has 0 fully saturated rings. The maximum absolute atomic E-state index is 12.9. The molecule has 0 aliphatic carbocycles. The number of amides is 2. The second-order valence-electron chi connectivity index (χ2n) is 5.91. The molecule has 0 saturated carbocycles. The highest BCUT2D eigenvalue weighted by Gasteiger charge is 2.30. The summed E-state index contributed by atoms with van der Waals surface area (Å²) < 4.78 is 50.4. The van der Waals surface area contributed by atoms with E-state index in [2.05, 4.69) is 10.3 Å². The fourth-order valence-corrected chi connectivity index (χ4v) is 2.91. The lowest BCUT2D eigenvalue weighted by Gasteiger charge is -2.14. The average Bonchev–Trinajstić information content (AvgIpc) is 2.64. The van der Waals surface area contributed by atoms with Gasteiger partial charge in [-0.1, -0.05) is 23.9 Å². The number of nitrogens with one attached hydrogen (secondary N) is 1. The molecular weight excluding hydrogens is 398 g/mol. The Kier molecular flexibility index (Phi) is 7.38. The number of primary amides is 1. The molecule has 1 heterocycles. The molecule has 2 amide bonds. The van der Waals surface area contributed by atoms with Crippen molar-refractivity contribution in [2.24, 2.45) is 11.7 Å². The summed E-state index contributed by atoms with van der Waals surface area (Å²) in [7, 11) is 0. The number of pyridine rings is 1. The highest BCUT2D eigenvalue weighted by molar-refractivity contribution is 7.99. The van der Waals surface area contributed by atoms with E-state index >= 15 is 0 Å². The smallest absolute Gasteiger partial charge is 0.369 e. The molecule has 1 atom stereocenters. The summed E-state index contributed by atoms with van der Waals surface area (Å²) >= 11 is 0.965. The largest absolute Gasteiger partial charge is 0.417 e. The standard InChI is InChI=1S/C18H17F4N3O2S/c19-14-4-1-11(2-5-14)7-12(17(23)27)8-24-15(26)10-28-16-6-3-13(9-25-16)18(20,21)22/h1-6,9,12H,7-8,10H2,(H2,23,27)(H,24,26). The molecule has 1 aromatic heterocycles. The van der Waals surface area contributed by atoms with Crippen molar-refractivity contribution in [2.45, 2.75) is 17.6 Å². The fraction of sp³-hybridized carbons (Fsp3) is 0.278. The molecule has 2 rings (SSSR count). The molecule has 0 aliphatic heterocycles. The maximum atomic E-state index is 12.9. The first-order valence-electron chi connectivity index (χ1n) is 8.11. The quantitative estimate of drug-likeness (QED) is 0.513. The molecule has 0 spiro atoms. The van der Waals surface area contributed by atoms with Crippen LogP contribution in [0, 0.1) is 11.7 Å². The van der Waals surface area contributed by atoms with E-state index in [9.17, 15) is 27.2 Å². The molecule has 1 unspecified atom stereocenters. The zero-order valence-electron chi connectivity index (χ0n) is 14.5. The number of halogens is 4. The van der Waals surface area contributed by atoms with Crippen LogP contribution in [-0.2, 0) is 22.2 Å². The van der Waals surface area contributed by atoms with Crippen LogP contribution in [-0.4, -0.2) is 29.1 Å². The Morgan fingerprint density at radius 2 is 1.82 bits per heavy atom. The summed E-state index contributed by atoms with van der Waals surface area (Å²) in [6.07, 6.45) is -3.53. The number of carbonyl (C=O) groups is 2. The van der Waals surface area contributed by atoms with Crippen LogP contribution >= 0.6 is 11.8 Å². The van der Waals surface area contributed by atoms with Gasteiger partial charge < -0.3 is 11.1 Å². The maximum Gasteiger partial charge on any atom is 0.417 e. The summed E-state index contributed by atoms with van der Waals surface area (Å²) in [6.45, 7) is -0.00740. The second-order valence-corrected chi connectivity index (χ2v) is 6.90. The van der Waals surface area contributed by atoms with Gasteiger partial charge in [-0.3, -0.25) is 9.59 Å². The highest BCUT2D eigenvalue weighted by Crippen LogP contribution is 2.29. The fourth-order valence-electron chi connectivity index (χ4n) is 2.24. The van der Waals surface area contributed by atoms with E-state index < -0.39 is 35.3 Å². The first-order valence-corrected chi connectivity index (χ1v) is 9.10. The van der Waals surface area contributed by atoms with E-state index in [1.54, 1.807) is 0 Å². The number of nitrogens with two attached hydrogens (primary N) is 1. The van der Waals surface area contributed by atoms with Gasteiger partial charge in [0.2, 0.25) is 11.8 Å². The lowest BCUT2D eigenvalue weighted by Crippen LogP contribution is -2.37. The molecule has 150 valence electrons. The minimum Gasteiger partial charge on any atom is -0.369 e. The molecule has 0 aliphatic rings. The number of hydrogen-bond donors (Lipinski definition) is 2. The lowest BCUT2D eigenvalue weighted by atomic mass is 9.98. The van der Waals surface area contributed by atoms with Crippen LogP contribution in [0.1, 0.15) is 11.1 Å². The van der Waals surface area contributed by atoms with E-state index in [1.165, 1.54) is 30.3 Å². The zero-order valence-corrected chi connectivity index (χ0v) is 15.3. The third-order valence-corrected chi connectivity index (χ3v) is 4.70. The van der Waals surface area contributed by atoms with Crippen molar-refractivity contribution < 1.29 is 27.2 Å². The van der Waals surface area contributed by atoms with Crippen molar-refractivity contribution in [1.82, 2.24) is 10.3 Å². The summed E-state index contributed by atoms with van der Waals surface area (Å²) in [5, 5.41) is 2.82. The molecule has 0 bridgehead atoms. The second kappa shape index (κ2) is 9.54. The molecule has 28 heavy (non-hydrogen) atoms. The molecule has 3 N–H and O–H groups in total. The number of carbonyl (C=O) groups excluding carboxylic acids is 2. The Hall–Kier alpha value is -2.62. The normalized spacial score (nSPS) is 12.4. The zero-order chi connectivity index (χ0) is 20.7. The van der Waals surface area contributed by atoms with Crippen LogP contribution in [0.15, 0.2) is 47.6 Å². The molecule has 2 aromatic rings. The van der Waals surface area contributed by atoms with Crippen molar-refractivity contribution in [3.05, 3.63) is 59.5 Å². The summed E-state index contributed by atoms with van der Waals surface area (Å²) in [4.78, 5) is 27.2.